The Bertz CT molecular complexity index is 982. The Balaban J connectivity index is 1.61. The zero-order chi connectivity index (χ0) is 22.3. The Morgan fingerprint density at radius 2 is 1.06 bits per heavy atom. The van der Waals surface area contributed by atoms with Crippen LogP contribution in [0.2, 0.25) is 0 Å². The summed E-state index contributed by atoms with van der Waals surface area (Å²) in [4.78, 5) is 30.9. The second-order valence-electron chi connectivity index (χ2n) is 8.70. The van der Waals surface area contributed by atoms with Crippen molar-refractivity contribution in [1.29, 1.82) is 0 Å². The highest BCUT2D eigenvalue weighted by atomic mass is 16.2. The molecule has 0 spiro atoms. The highest BCUT2D eigenvalue weighted by Gasteiger charge is 2.35. The van der Waals surface area contributed by atoms with Crippen LogP contribution in [0.25, 0.3) is 0 Å². The molecule has 2 amide bonds. The van der Waals surface area contributed by atoms with Gasteiger partial charge in [0.1, 0.15) is 0 Å². The lowest BCUT2D eigenvalue weighted by molar-refractivity contribution is -0.147. The topological polar surface area (TPSA) is 40.6 Å². The van der Waals surface area contributed by atoms with Crippen molar-refractivity contribution in [2.24, 2.45) is 11.8 Å². The van der Waals surface area contributed by atoms with Crippen LogP contribution in [0.5, 0.6) is 0 Å². The van der Waals surface area contributed by atoms with Crippen molar-refractivity contribution in [3.63, 3.8) is 0 Å². The average molecular weight is 427 g/mol. The maximum Gasteiger partial charge on any atom is 0.228 e. The summed E-state index contributed by atoms with van der Waals surface area (Å²) in [5.41, 5.74) is 3.28. The van der Waals surface area contributed by atoms with Gasteiger partial charge in [0, 0.05) is 26.2 Å². The van der Waals surface area contributed by atoms with Gasteiger partial charge in [0.2, 0.25) is 11.8 Å². The minimum Gasteiger partial charge on any atom is -0.337 e. The van der Waals surface area contributed by atoms with Gasteiger partial charge in [-0.05, 0) is 23.1 Å². The van der Waals surface area contributed by atoms with Gasteiger partial charge in [-0.25, -0.2) is 0 Å². The molecule has 1 aliphatic rings. The lowest BCUT2D eigenvalue weighted by Crippen LogP contribution is -2.51. The molecule has 32 heavy (non-hydrogen) atoms. The average Bonchev–Trinajstić information content (AvgIpc) is 2.83. The van der Waals surface area contributed by atoms with E-state index in [1.807, 2.05) is 95.6 Å². The van der Waals surface area contributed by atoms with Crippen molar-refractivity contribution in [2.75, 3.05) is 13.1 Å². The van der Waals surface area contributed by atoms with Crippen LogP contribution in [0.1, 0.15) is 23.6 Å². The number of benzene rings is 3. The molecule has 1 heterocycles. The Morgan fingerprint density at radius 3 is 1.56 bits per heavy atom. The summed E-state index contributed by atoms with van der Waals surface area (Å²) in [6.45, 7) is 3.85. The predicted molar refractivity (Wildman–Crippen MR) is 127 cm³/mol. The summed E-state index contributed by atoms with van der Waals surface area (Å²) >= 11 is 0. The molecular weight excluding hydrogens is 396 g/mol. The lowest BCUT2D eigenvalue weighted by atomic mass is 9.93. The highest BCUT2D eigenvalue weighted by Crippen LogP contribution is 2.23. The molecule has 1 saturated heterocycles. The molecule has 0 N–H and O–H groups in total. The molecule has 164 valence electrons. The fraction of sp³-hybridized carbons (Fsp3) is 0.286. The van der Waals surface area contributed by atoms with E-state index in [0.717, 1.165) is 16.7 Å². The van der Waals surface area contributed by atoms with Gasteiger partial charge in [-0.1, -0.05) is 97.9 Å². The van der Waals surface area contributed by atoms with Crippen LogP contribution < -0.4 is 0 Å². The molecule has 2 unspecified atom stereocenters. The molecule has 0 bridgehead atoms. The number of amides is 2. The predicted octanol–water partition coefficient (Wildman–Crippen LogP) is 4.55. The third-order valence-corrected chi connectivity index (χ3v) is 6.09. The Morgan fingerprint density at radius 1 is 0.625 bits per heavy atom. The van der Waals surface area contributed by atoms with Crippen molar-refractivity contribution >= 4 is 11.8 Å². The minimum atomic E-state index is -0.277. The van der Waals surface area contributed by atoms with E-state index in [1.165, 1.54) is 0 Å². The highest BCUT2D eigenvalue weighted by molar-refractivity contribution is 5.85. The van der Waals surface area contributed by atoms with Gasteiger partial charge in [0.15, 0.2) is 0 Å². The van der Waals surface area contributed by atoms with Crippen LogP contribution in [0.3, 0.4) is 0 Å². The molecule has 4 nitrogen and oxygen atoms in total. The van der Waals surface area contributed by atoms with Crippen molar-refractivity contribution in [2.45, 2.75) is 26.4 Å². The van der Waals surface area contributed by atoms with Crippen LogP contribution in [-0.2, 0) is 29.1 Å². The third-order valence-electron chi connectivity index (χ3n) is 6.09. The minimum absolute atomic E-state index is 0.109. The van der Waals surface area contributed by atoms with E-state index in [0.29, 0.717) is 32.6 Å². The largest absolute Gasteiger partial charge is 0.337 e. The molecule has 1 aliphatic heterocycles. The van der Waals surface area contributed by atoms with Gasteiger partial charge in [0.05, 0.1) is 11.8 Å². The van der Waals surface area contributed by atoms with Gasteiger partial charge in [-0.2, -0.15) is 0 Å². The van der Waals surface area contributed by atoms with Gasteiger partial charge in [-0.15, -0.1) is 0 Å². The molecule has 4 heteroatoms. The molecule has 3 aromatic rings. The molecule has 0 aromatic heterocycles. The normalized spacial score (nSPS) is 19.5. The van der Waals surface area contributed by atoms with Gasteiger partial charge in [-0.3, -0.25) is 9.59 Å². The van der Waals surface area contributed by atoms with E-state index in [2.05, 4.69) is 12.1 Å². The van der Waals surface area contributed by atoms with Crippen molar-refractivity contribution in [3.05, 3.63) is 108 Å². The van der Waals surface area contributed by atoms with E-state index in [4.69, 9.17) is 0 Å². The Labute approximate surface area is 190 Å². The quantitative estimate of drug-likeness (QED) is 0.580. The fourth-order valence-corrected chi connectivity index (χ4v) is 4.45. The first-order valence-electron chi connectivity index (χ1n) is 11.3. The monoisotopic (exact) mass is 426 g/mol. The van der Waals surface area contributed by atoms with E-state index in [-0.39, 0.29) is 23.7 Å². The van der Waals surface area contributed by atoms with Gasteiger partial charge >= 0.3 is 0 Å². The Kier molecular flexibility index (Phi) is 7.00. The number of hydrogen-bond acceptors (Lipinski definition) is 2. The summed E-state index contributed by atoms with van der Waals surface area (Å²) in [5.74, 6) is -0.294. The molecule has 4 rings (SSSR count). The second-order valence-corrected chi connectivity index (χ2v) is 8.70. The number of carbonyl (C=O) groups is 2. The van der Waals surface area contributed by atoms with Crippen LogP contribution in [0, 0.1) is 11.8 Å². The first-order chi connectivity index (χ1) is 15.6. The number of carbonyl (C=O) groups excluding carboxylic acids is 2. The maximum absolute atomic E-state index is 13.7. The zero-order valence-electron chi connectivity index (χ0n) is 18.6. The molecule has 2 atom stereocenters. The second kappa shape index (κ2) is 10.3. The smallest absolute Gasteiger partial charge is 0.228 e. The molecular formula is C28H30N2O2. The maximum atomic E-state index is 13.7. The van der Waals surface area contributed by atoms with Crippen molar-refractivity contribution in [1.82, 2.24) is 9.80 Å². The van der Waals surface area contributed by atoms with E-state index < -0.39 is 0 Å². The molecule has 3 aromatic carbocycles. The SMILES string of the molecule is CC1CN(Cc2ccccc2)C(=O)C(Cc2ccccc2)CN(Cc2ccccc2)C1=O. The fourth-order valence-electron chi connectivity index (χ4n) is 4.45. The molecule has 0 radical (unpaired) electrons. The summed E-state index contributed by atoms with van der Waals surface area (Å²) in [6.07, 6.45) is 0.623. The van der Waals surface area contributed by atoms with Crippen molar-refractivity contribution in [3.8, 4) is 0 Å². The number of nitrogens with zero attached hydrogens (tertiary/aromatic N) is 2. The summed E-state index contributed by atoms with van der Waals surface area (Å²) in [6, 6.07) is 30.1. The van der Waals surface area contributed by atoms with Crippen LogP contribution in [0.15, 0.2) is 91.0 Å². The van der Waals surface area contributed by atoms with Gasteiger partial charge < -0.3 is 9.80 Å². The summed E-state index contributed by atoms with van der Waals surface area (Å²) in [7, 11) is 0. The number of rotatable bonds is 6. The van der Waals surface area contributed by atoms with E-state index in [1.54, 1.807) is 0 Å². The van der Waals surface area contributed by atoms with Crippen LogP contribution in [0.4, 0.5) is 0 Å². The van der Waals surface area contributed by atoms with Crippen LogP contribution in [-0.4, -0.2) is 34.7 Å². The molecule has 0 aliphatic carbocycles. The summed E-state index contributed by atoms with van der Waals surface area (Å²) in [5, 5.41) is 0. The lowest BCUT2D eigenvalue weighted by Gasteiger charge is -2.37. The Hall–Kier alpha value is -3.40. The third kappa shape index (κ3) is 5.44. The zero-order valence-corrected chi connectivity index (χ0v) is 18.6. The number of hydrogen-bond donors (Lipinski definition) is 0. The first kappa shape index (κ1) is 21.8. The van der Waals surface area contributed by atoms with Gasteiger partial charge in [0.25, 0.3) is 0 Å². The molecule has 0 saturated carbocycles. The van der Waals surface area contributed by atoms with Crippen LogP contribution >= 0.6 is 0 Å². The van der Waals surface area contributed by atoms with E-state index in [9.17, 15) is 9.59 Å². The van der Waals surface area contributed by atoms with Crippen molar-refractivity contribution < 1.29 is 9.59 Å². The van der Waals surface area contributed by atoms with E-state index >= 15 is 0 Å². The molecule has 1 fully saturated rings. The first-order valence-corrected chi connectivity index (χ1v) is 11.3. The summed E-state index contributed by atoms with van der Waals surface area (Å²) < 4.78 is 0. The standard InChI is InChI=1S/C28H30N2O2/c1-22-18-29(19-24-13-7-3-8-14-24)28(32)26(17-23-11-5-2-6-12-23)21-30(27(22)31)20-25-15-9-4-10-16-25/h2-16,22,26H,17-21H2,1H3.